The van der Waals surface area contributed by atoms with Crippen molar-refractivity contribution in [1.82, 2.24) is 14.8 Å². The van der Waals surface area contributed by atoms with Crippen LogP contribution in [0.25, 0.3) is 10.9 Å². The quantitative estimate of drug-likeness (QED) is 0.799. The number of benzene rings is 1. The van der Waals surface area contributed by atoms with E-state index in [0.29, 0.717) is 12.2 Å². The summed E-state index contributed by atoms with van der Waals surface area (Å²) in [5.74, 6) is 0.733. The molecule has 6 heteroatoms. The Morgan fingerprint density at radius 1 is 1.06 bits per heavy atom. The molecule has 1 aromatic heterocycles. The number of hydrogen-bond acceptors (Lipinski definition) is 3. The van der Waals surface area contributed by atoms with Crippen molar-refractivity contribution in [3.05, 3.63) is 30.0 Å². The highest BCUT2D eigenvalue weighted by molar-refractivity contribution is 6.04. The predicted octanol–water partition coefficient (Wildman–Crippen LogP) is 4.26. The van der Waals surface area contributed by atoms with Crippen LogP contribution in [-0.2, 0) is 11.3 Å². The van der Waals surface area contributed by atoms with E-state index in [1.165, 1.54) is 19.3 Å². The summed E-state index contributed by atoms with van der Waals surface area (Å²) in [6, 6.07) is 8.21. The minimum absolute atomic E-state index is 0.00459. The van der Waals surface area contributed by atoms with E-state index in [1.54, 1.807) is 7.11 Å². The number of hydrogen-bond donors (Lipinski definition) is 1. The lowest BCUT2D eigenvalue weighted by Gasteiger charge is -2.47. The maximum Gasteiger partial charge on any atom is 0.271 e. The molecule has 5 rings (SSSR count). The largest absolute Gasteiger partial charge is 0.497 e. The summed E-state index contributed by atoms with van der Waals surface area (Å²) in [6.07, 6.45) is 9.85. The molecule has 2 heterocycles. The van der Waals surface area contributed by atoms with E-state index >= 15 is 0 Å². The van der Waals surface area contributed by atoms with E-state index in [-0.39, 0.29) is 23.9 Å². The molecule has 166 valence electrons. The van der Waals surface area contributed by atoms with Crippen molar-refractivity contribution < 1.29 is 14.3 Å². The second-order valence-electron chi connectivity index (χ2n) is 9.74. The van der Waals surface area contributed by atoms with Crippen LogP contribution >= 0.6 is 0 Å². The first kappa shape index (κ1) is 20.4. The monoisotopic (exact) mass is 423 g/mol. The van der Waals surface area contributed by atoms with Crippen LogP contribution in [0.3, 0.4) is 0 Å². The van der Waals surface area contributed by atoms with Crippen LogP contribution in [-0.4, -0.2) is 46.0 Å². The smallest absolute Gasteiger partial charge is 0.271 e. The van der Waals surface area contributed by atoms with Crippen LogP contribution < -0.4 is 10.1 Å². The molecule has 0 saturated heterocycles. The van der Waals surface area contributed by atoms with Crippen LogP contribution in [0, 0.1) is 0 Å². The van der Waals surface area contributed by atoms with E-state index < -0.39 is 5.54 Å². The fourth-order valence-electron chi connectivity index (χ4n) is 5.94. The zero-order valence-corrected chi connectivity index (χ0v) is 18.7. The van der Waals surface area contributed by atoms with E-state index in [9.17, 15) is 9.59 Å². The molecule has 2 fully saturated rings. The first-order valence-electron chi connectivity index (χ1n) is 11.8. The Balaban J connectivity index is 1.56. The van der Waals surface area contributed by atoms with Crippen molar-refractivity contribution in [2.45, 2.75) is 88.9 Å². The summed E-state index contributed by atoms with van der Waals surface area (Å²) >= 11 is 0. The fourth-order valence-corrected chi connectivity index (χ4v) is 5.94. The minimum atomic E-state index is -0.897. The average molecular weight is 424 g/mol. The molecule has 1 aliphatic heterocycles. The number of nitrogens with one attached hydrogen (secondary N) is 1. The van der Waals surface area contributed by atoms with Crippen molar-refractivity contribution >= 4 is 22.7 Å². The Hall–Kier alpha value is -2.50. The Bertz CT molecular complexity index is 1000. The molecule has 0 spiro atoms. The number of fused-ring (bicyclic) bond motifs is 3. The number of amides is 2. The maximum atomic E-state index is 13.8. The number of methoxy groups -OCH3 is 1. The minimum Gasteiger partial charge on any atom is -0.497 e. The second-order valence-corrected chi connectivity index (χ2v) is 9.74. The van der Waals surface area contributed by atoms with E-state index in [1.807, 2.05) is 40.7 Å². The lowest BCUT2D eigenvalue weighted by molar-refractivity contribution is -0.135. The molecule has 2 aromatic rings. The Morgan fingerprint density at radius 2 is 1.77 bits per heavy atom. The Morgan fingerprint density at radius 3 is 2.48 bits per heavy atom. The van der Waals surface area contributed by atoms with E-state index in [2.05, 4.69) is 5.32 Å². The molecular weight excluding hydrogens is 390 g/mol. The average Bonchev–Trinajstić information content (AvgIpc) is 3.42. The van der Waals surface area contributed by atoms with Gasteiger partial charge in [0, 0.05) is 23.5 Å². The van der Waals surface area contributed by atoms with Gasteiger partial charge < -0.3 is 19.5 Å². The van der Waals surface area contributed by atoms with E-state index in [4.69, 9.17) is 4.74 Å². The highest BCUT2D eigenvalue weighted by Gasteiger charge is 2.51. The van der Waals surface area contributed by atoms with Gasteiger partial charge in [0.1, 0.15) is 17.0 Å². The number of carbonyl (C=O) groups excluding carboxylic acids is 2. The summed E-state index contributed by atoms with van der Waals surface area (Å²) in [4.78, 5) is 29.5. The zero-order chi connectivity index (χ0) is 21.6. The normalized spacial score (nSPS) is 25.1. The summed E-state index contributed by atoms with van der Waals surface area (Å²) in [7, 11) is 1.65. The van der Waals surface area contributed by atoms with Gasteiger partial charge in [0.2, 0.25) is 5.91 Å². The first-order chi connectivity index (χ1) is 15.0. The molecule has 1 aromatic carbocycles. The molecule has 2 aliphatic carbocycles. The van der Waals surface area contributed by atoms with Crippen molar-refractivity contribution in [2.75, 3.05) is 7.11 Å². The fraction of sp³-hybridized carbons (Fsp3) is 0.600. The summed E-state index contributed by atoms with van der Waals surface area (Å²) in [5, 5.41) is 4.33. The van der Waals surface area contributed by atoms with Gasteiger partial charge in [-0.05, 0) is 50.8 Å². The molecule has 2 saturated carbocycles. The van der Waals surface area contributed by atoms with Crippen molar-refractivity contribution in [3.63, 3.8) is 0 Å². The van der Waals surface area contributed by atoms with Gasteiger partial charge in [-0.25, -0.2) is 0 Å². The molecule has 31 heavy (non-hydrogen) atoms. The van der Waals surface area contributed by atoms with Crippen LogP contribution in [0.2, 0.25) is 0 Å². The molecule has 1 atom stereocenters. The highest BCUT2D eigenvalue weighted by atomic mass is 16.5. The molecular formula is C25H33N3O3. The van der Waals surface area contributed by atoms with Gasteiger partial charge in [-0.1, -0.05) is 32.1 Å². The zero-order valence-electron chi connectivity index (χ0n) is 18.7. The number of ether oxygens (including phenoxy) is 1. The maximum absolute atomic E-state index is 13.8. The predicted molar refractivity (Wildman–Crippen MR) is 120 cm³/mol. The highest BCUT2D eigenvalue weighted by Crippen LogP contribution is 2.38. The lowest BCUT2D eigenvalue weighted by atomic mass is 9.90. The van der Waals surface area contributed by atoms with Gasteiger partial charge in [0.05, 0.1) is 19.2 Å². The number of nitrogens with zero attached hydrogens (tertiary/aromatic N) is 2. The van der Waals surface area contributed by atoms with Crippen LogP contribution in [0.5, 0.6) is 5.75 Å². The molecule has 6 nitrogen and oxygen atoms in total. The summed E-state index contributed by atoms with van der Waals surface area (Å²) in [6.45, 7) is 2.44. The number of rotatable bonds is 4. The third kappa shape index (κ3) is 3.40. The number of carbonyl (C=O) groups is 2. The second kappa shape index (κ2) is 7.88. The van der Waals surface area contributed by atoms with Gasteiger partial charge in [0.25, 0.3) is 5.91 Å². The topological polar surface area (TPSA) is 63.6 Å². The van der Waals surface area contributed by atoms with Crippen molar-refractivity contribution in [1.29, 1.82) is 0 Å². The molecule has 3 aliphatic rings. The molecule has 1 N–H and O–H groups in total. The van der Waals surface area contributed by atoms with Gasteiger partial charge in [-0.2, -0.15) is 0 Å². The molecule has 0 bridgehead atoms. The number of aromatic nitrogens is 1. The SMILES string of the molecule is COc1ccc2cc3n(c2c1)CC(C)(C(=O)NC1CCCCC1)N(C1CCCC1)C3=O. The molecule has 0 radical (unpaired) electrons. The van der Waals surface area contributed by atoms with Crippen molar-refractivity contribution in [2.24, 2.45) is 0 Å². The van der Waals surface area contributed by atoms with Gasteiger partial charge >= 0.3 is 0 Å². The van der Waals surface area contributed by atoms with Crippen LogP contribution in [0.15, 0.2) is 24.3 Å². The third-order valence-electron chi connectivity index (χ3n) is 7.67. The lowest BCUT2D eigenvalue weighted by Crippen LogP contribution is -2.67. The standard InChI is InChI=1S/C25H33N3O3/c1-25(24(30)26-18-8-4-3-5-9-18)16-27-21-15-20(31-2)13-12-17(21)14-22(27)23(29)28(25)19-10-6-7-11-19/h12-15,18-19H,3-11,16H2,1-2H3,(H,26,30). The van der Waals surface area contributed by atoms with E-state index in [0.717, 1.165) is 55.2 Å². The van der Waals surface area contributed by atoms with Gasteiger partial charge in [-0.15, -0.1) is 0 Å². The van der Waals surface area contributed by atoms with Crippen molar-refractivity contribution in [3.8, 4) is 5.75 Å². The molecule has 1 unspecified atom stereocenters. The van der Waals surface area contributed by atoms with Gasteiger partial charge in [0.15, 0.2) is 0 Å². The first-order valence-corrected chi connectivity index (χ1v) is 11.8. The van der Waals surface area contributed by atoms with Crippen LogP contribution in [0.1, 0.15) is 75.2 Å². The Labute approximate surface area is 183 Å². The Kier molecular flexibility index (Phi) is 5.19. The van der Waals surface area contributed by atoms with Crippen LogP contribution in [0.4, 0.5) is 0 Å². The van der Waals surface area contributed by atoms with Gasteiger partial charge in [-0.3, -0.25) is 9.59 Å². The summed E-state index contributed by atoms with van der Waals surface area (Å²) in [5.41, 5.74) is 0.731. The summed E-state index contributed by atoms with van der Waals surface area (Å²) < 4.78 is 7.46. The molecule has 2 amide bonds. The third-order valence-corrected chi connectivity index (χ3v) is 7.67.